The molecule has 0 saturated heterocycles. The molecule has 0 amide bonds. The average Bonchev–Trinajstić information content (AvgIpc) is 2.01. The third-order valence-electron chi connectivity index (χ3n) is 1.25. The van der Waals surface area contributed by atoms with E-state index in [2.05, 4.69) is 13.5 Å². The van der Waals surface area contributed by atoms with Crippen LogP contribution in [0.2, 0.25) is 5.32 Å². The monoisotopic (exact) mass is 254 g/mol. The van der Waals surface area contributed by atoms with Gasteiger partial charge in [-0.1, -0.05) is 0 Å². The topological polar surface area (TPSA) is 20.2 Å². The van der Waals surface area contributed by atoms with E-state index in [0.29, 0.717) is 15.0 Å². The fourth-order valence-electron chi connectivity index (χ4n) is 0.586. The van der Waals surface area contributed by atoms with Crippen molar-refractivity contribution in [3.05, 3.63) is 10.4 Å². The number of thioether (sulfide) groups is 1. The Balaban J connectivity index is 3.22. The van der Waals surface area contributed by atoms with Crippen LogP contribution in [0.3, 0.4) is 0 Å². The molecule has 0 heterocycles. The molecule has 0 bridgehead atoms. The molecule has 0 aromatic carbocycles. The second kappa shape index (κ2) is 8.18. The molecule has 0 spiro atoms. The van der Waals surface area contributed by atoms with Gasteiger partial charge in [0, 0.05) is 0 Å². The van der Waals surface area contributed by atoms with Crippen LogP contribution in [0.25, 0.3) is 0 Å². The van der Waals surface area contributed by atoms with Crippen molar-refractivity contribution in [1.29, 1.82) is 0 Å². The predicted molar refractivity (Wildman–Crippen MR) is 58.7 cm³/mol. The van der Waals surface area contributed by atoms with Crippen molar-refractivity contribution in [3.63, 3.8) is 0 Å². The Morgan fingerprint density at radius 2 is 2.33 bits per heavy atom. The Morgan fingerprint density at radius 1 is 1.67 bits per heavy atom. The Hall–Kier alpha value is 0.569. The van der Waals surface area contributed by atoms with Crippen LogP contribution in [0.1, 0.15) is 26.7 Å². The van der Waals surface area contributed by atoms with Crippen LogP contribution < -0.4 is 0 Å². The molecule has 0 aliphatic heterocycles. The summed E-state index contributed by atoms with van der Waals surface area (Å²) in [6, 6.07) is 0. The molecule has 1 nitrogen and oxygen atoms in total. The van der Waals surface area contributed by atoms with Gasteiger partial charge >= 0.3 is 86.1 Å². The average molecular weight is 253 g/mol. The molecule has 0 aliphatic rings. The summed E-state index contributed by atoms with van der Waals surface area (Å²) in [6.45, 7) is 8.02. The van der Waals surface area contributed by atoms with Crippen molar-refractivity contribution in [2.24, 2.45) is 0 Å². The number of hydrogen-bond acceptors (Lipinski definition) is 2. The second-order valence-corrected chi connectivity index (χ2v) is 6.85. The molecular formula is C9H18OSSe. The summed E-state index contributed by atoms with van der Waals surface area (Å²) in [6.07, 6.45) is 2.37. The maximum atomic E-state index is 9.04. The van der Waals surface area contributed by atoms with Crippen LogP contribution in [0, 0.1) is 0 Å². The molecule has 0 aliphatic carbocycles. The summed E-state index contributed by atoms with van der Waals surface area (Å²) >= 11 is 2.29. The number of aliphatic hydroxyl groups excluding tert-OH is 1. The summed E-state index contributed by atoms with van der Waals surface area (Å²) in [4.78, 5) is 0. The third-order valence-corrected chi connectivity index (χ3v) is 5.45. The Bertz CT molecular complexity index is 126. The van der Waals surface area contributed by atoms with Crippen molar-refractivity contribution in [3.8, 4) is 0 Å². The molecule has 0 radical (unpaired) electrons. The standard InChI is InChI=1S/C9H18OSSe/c1-4-5-6-11-9(3)12-7-8(2)10/h8,10H,3-7H2,1-2H3. The van der Waals surface area contributed by atoms with Crippen LogP contribution in [-0.2, 0) is 0 Å². The van der Waals surface area contributed by atoms with Gasteiger partial charge in [-0.15, -0.1) is 0 Å². The van der Waals surface area contributed by atoms with Gasteiger partial charge in [0.15, 0.2) is 0 Å². The number of unbranched alkanes of at least 4 members (excludes halogenated alkanes) is 1. The van der Waals surface area contributed by atoms with Gasteiger partial charge < -0.3 is 0 Å². The molecule has 3 heteroatoms. The summed E-state index contributed by atoms with van der Waals surface area (Å²) in [5.41, 5.74) is 0. The minimum atomic E-state index is -0.159. The first-order valence-corrected chi connectivity index (χ1v) is 7.34. The first kappa shape index (κ1) is 12.6. The zero-order valence-corrected chi connectivity index (χ0v) is 10.4. The SMILES string of the molecule is C=C(SCCCC)[Se]CC(C)O. The van der Waals surface area contributed by atoms with Crippen molar-refractivity contribution in [2.75, 3.05) is 5.75 Å². The molecule has 72 valence electrons. The van der Waals surface area contributed by atoms with Gasteiger partial charge in [-0.25, -0.2) is 0 Å². The van der Waals surface area contributed by atoms with E-state index in [1.165, 1.54) is 22.4 Å². The minimum absolute atomic E-state index is 0.159. The molecule has 0 rings (SSSR count). The van der Waals surface area contributed by atoms with E-state index in [-0.39, 0.29) is 6.10 Å². The zero-order chi connectivity index (χ0) is 9.40. The fraction of sp³-hybridized carbons (Fsp3) is 0.778. The quantitative estimate of drug-likeness (QED) is 0.555. The molecule has 1 unspecified atom stereocenters. The van der Waals surface area contributed by atoms with Crippen LogP contribution in [0.4, 0.5) is 0 Å². The van der Waals surface area contributed by atoms with Crippen molar-refractivity contribution in [1.82, 2.24) is 0 Å². The van der Waals surface area contributed by atoms with Gasteiger partial charge in [-0.3, -0.25) is 0 Å². The Labute approximate surface area is 86.2 Å². The molecule has 1 N–H and O–H groups in total. The fourth-order valence-corrected chi connectivity index (χ4v) is 3.63. The zero-order valence-electron chi connectivity index (χ0n) is 7.88. The molecule has 0 aromatic heterocycles. The molecule has 1 atom stereocenters. The maximum absolute atomic E-state index is 9.04. The van der Waals surface area contributed by atoms with E-state index in [4.69, 9.17) is 5.11 Å². The normalized spacial score (nSPS) is 12.9. The van der Waals surface area contributed by atoms with E-state index >= 15 is 0 Å². The van der Waals surface area contributed by atoms with Gasteiger partial charge in [0.1, 0.15) is 0 Å². The first-order valence-electron chi connectivity index (χ1n) is 4.29. The third kappa shape index (κ3) is 8.66. The number of aliphatic hydroxyl groups is 1. The Morgan fingerprint density at radius 3 is 2.83 bits per heavy atom. The number of rotatable bonds is 7. The van der Waals surface area contributed by atoms with Crippen LogP contribution in [0.5, 0.6) is 0 Å². The van der Waals surface area contributed by atoms with Crippen molar-refractivity contribution >= 4 is 26.7 Å². The first-order chi connectivity index (χ1) is 5.66. The van der Waals surface area contributed by atoms with E-state index in [1.54, 1.807) is 0 Å². The van der Waals surface area contributed by atoms with E-state index in [9.17, 15) is 0 Å². The van der Waals surface area contributed by atoms with Crippen LogP contribution >= 0.6 is 11.8 Å². The second-order valence-electron chi connectivity index (χ2n) is 2.73. The predicted octanol–water partition coefficient (Wildman–Crippen LogP) is 2.49. The van der Waals surface area contributed by atoms with Gasteiger partial charge in [0.2, 0.25) is 0 Å². The van der Waals surface area contributed by atoms with Crippen LogP contribution in [-0.4, -0.2) is 31.9 Å². The summed E-state index contributed by atoms with van der Waals surface area (Å²) < 4.78 is 1.27. The van der Waals surface area contributed by atoms with Gasteiger partial charge in [0.25, 0.3) is 0 Å². The van der Waals surface area contributed by atoms with Gasteiger partial charge in [0.05, 0.1) is 0 Å². The summed E-state index contributed by atoms with van der Waals surface area (Å²) in [7, 11) is 0. The molecule has 0 saturated carbocycles. The van der Waals surface area contributed by atoms with Gasteiger partial charge in [-0.2, -0.15) is 0 Å². The van der Waals surface area contributed by atoms with E-state index in [0.717, 1.165) is 5.32 Å². The van der Waals surface area contributed by atoms with Crippen molar-refractivity contribution in [2.45, 2.75) is 38.1 Å². The molecule has 0 aromatic rings. The van der Waals surface area contributed by atoms with Crippen LogP contribution in [0.15, 0.2) is 10.4 Å². The molecule has 0 fully saturated rings. The van der Waals surface area contributed by atoms with Gasteiger partial charge in [-0.05, 0) is 0 Å². The Kier molecular flexibility index (Phi) is 8.57. The van der Waals surface area contributed by atoms with E-state index < -0.39 is 0 Å². The van der Waals surface area contributed by atoms with E-state index in [1.807, 2.05) is 18.7 Å². The molecule has 12 heavy (non-hydrogen) atoms. The number of hydrogen-bond donors (Lipinski definition) is 1. The molecular weight excluding hydrogens is 235 g/mol. The summed E-state index contributed by atoms with van der Waals surface area (Å²) in [5, 5.41) is 9.95. The summed E-state index contributed by atoms with van der Waals surface area (Å²) in [5.74, 6) is 1.19. The van der Waals surface area contributed by atoms with Crippen molar-refractivity contribution < 1.29 is 5.11 Å².